The van der Waals surface area contributed by atoms with Gasteiger partial charge in [-0.3, -0.25) is 9.59 Å². The maximum Gasteiger partial charge on any atom is 0.268 e. The molecular formula is C21H25Cl2N3O4S2. The number of aromatic amines is 1. The fourth-order valence-electron chi connectivity index (χ4n) is 4.54. The van der Waals surface area contributed by atoms with E-state index in [9.17, 15) is 18.0 Å². The lowest BCUT2D eigenvalue weighted by molar-refractivity contribution is -0.118. The lowest BCUT2D eigenvalue weighted by Crippen LogP contribution is -2.29. The van der Waals surface area contributed by atoms with Crippen LogP contribution in [-0.2, 0) is 14.6 Å². The second-order valence-electron chi connectivity index (χ2n) is 8.63. The lowest BCUT2D eigenvalue weighted by Gasteiger charge is -2.28. The number of hydrogen-bond acceptors (Lipinski definition) is 6. The number of aromatic nitrogens is 2. The van der Waals surface area contributed by atoms with E-state index >= 15 is 0 Å². The molecular weight excluding hydrogens is 493 g/mol. The molecule has 2 aliphatic rings. The highest BCUT2D eigenvalue weighted by atomic mass is 35.5. The Bertz CT molecular complexity index is 1180. The van der Waals surface area contributed by atoms with Crippen LogP contribution in [0.1, 0.15) is 68.5 Å². The Morgan fingerprint density at radius 3 is 2.53 bits per heavy atom. The van der Waals surface area contributed by atoms with Crippen molar-refractivity contribution in [2.75, 3.05) is 5.32 Å². The monoisotopic (exact) mass is 517 g/mol. The minimum Gasteiger partial charge on any atom is -0.325 e. The summed E-state index contributed by atoms with van der Waals surface area (Å²) in [5.41, 5.74) is -0.00495. The van der Waals surface area contributed by atoms with Crippen LogP contribution < -0.4 is 10.9 Å². The first-order valence-electron chi connectivity index (χ1n) is 10.8. The van der Waals surface area contributed by atoms with Gasteiger partial charge in [-0.1, -0.05) is 66.6 Å². The third-order valence-electron chi connectivity index (χ3n) is 6.26. The number of amides is 1. The quantitative estimate of drug-likeness (QED) is 0.532. The first kappa shape index (κ1) is 23.7. The molecule has 1 unspecified atom stereocenters. The molecule has 2 aliphatic carbocycles. The van der Waals surface area contributed by atoms with Crippen molar-refractivity contribution in [3.63, 3.8) is 0 Å². The van der Waals surface area contributed by atoms with Gasteiger partial charge in [-0.25, -0.2) is 13.4 Å². The van der Waals surface area contributed by atoms with E-state index in [1.807, 2.05) is 0 Å². The van der Waals surface area contributed by atoms with Gasteiger partial charge in [0.05, 0.1) is 22.3 Å². The lowest BCUT2D eigenvalue weighted by atomic mass is 9.80. The number of hydrogen-bond donors (Lipinski definition) is 2. The molecule has 0 aliphatic heterocycles. The zero-order chi connectivity index (χ0) is 23.0. The number of aryl methyl sites for hydroxylation is 1. The average molecular weight is 518 g/mol. The predicted molar refractivity (Wildman–Crippen MR) is 127 cm³/mol. The van der Waals surface area contributed by atoms with Crippen LogP contribution in [-0.4, -0.2) is 29.5 Å². The fourth-order valence-corrected chi connectivity index (χ4v) is 7.87. The standard InChI is InChI=1S/C21H25Cl2N3O4S2/c1-11-16(18(17(23)20(28)25-11)32(29,30)13-7-8-13)14(9-12-5-3-2-4-6-12)19(27)26-21-24-10-15(22)31-21/h10,12-14H,2-9H2,1H3,(H,25,28)(H,24,26,27). The molecule has 2 aromatic rings. The summed E-state index contributed by atoms with van der Waals surface area (Å²) in [6.07, 6.45) is 8.27. The summed E-state index contributed by atoms with van der Waals surface area (Å²) < 4.78 is 27.1. The molecule has 0 radical (unpaired) electrons. The predicted octanol–water partition coefficient (Wildman–Crippen LogP) is 5.08. The van der Waals surface area contributed by atoms with E-state index in [1.54, 1.807) is 6.92 Å². The molecule has 2 N–H and O–H groups in total. The van der Waals surface area contributed by atoms with Crippen molar-refractivity contribution >= 4 is 55.4 Å². The third kappa shape index (κ3) is 4.90. The summed E-state index contributed by atoms with van der Waals surface area (Å²) in [5, 5.41) is 2.21. The highest BCUT2D eigenvalue weighted by molar-refractivity contribution is 7.92. The molecule has 11 heteroatoms. The summed E-state index contributed by atoms with van der Waals surface area (Å²) >= 11 is 13.4. The molecule has 2 fully saturated rings. The molecule has 0 aromatic carbocycles. The zero-order valence-electron chi connectivity index (χ0n) is 17.6. The van der Waals surface area contributed by atoms with Crippen LogP contribution in [0.5, 0.6) is 0 Å². The van der Waals surface area contributed by atoms with Gasteiger partial charge in [-0.05, 0) is 32.1 Å². The molecule has 0 bridgehead atoms. The Morgan fingerprint density at radius 1 is 1.25 bits per heavy atom. The number of carbonyl (C=O) groups excluding carboxylic acids is 1. The van der Waals surface area contributed by atoms with Crippen LogP contribution >= 0.6 is 34.5 Å². The molecule has 1 amide bonds. The Kier molecular flexibility index (Phi) is 7.00. The van der Waals surface area contributed by atoms with Crippen molar-refractivity contribution in [1.82, 2.24) is 9.97 Å². The molecule has 0 saturated heterocycles. The number of nitrogens with one attached hydrogen (secondary N) is 2. The summed E-state index contributed by atoms with van der Waals surface area (Å²) in [5.74, 6) is -0.889. The number of H-pyrrole nitrogens is 1. The van der Waals surface area contributed by atoms with Crippen molar-refractivity contribution in [3.05, 3.63) is 37.2 Å². The van der Waals surface area contributed by atoms with Gasteiger partial charge in [-0.2, -0.15) is 0 Å². The largest absolute Gasteiger partial charge is 0.325 e. The van der Waals surface area contributed by atoms with Gasteiger partial charge in [-0.15, -0.1) is 0 Å². The number of anilines is 1. The molecule has 32 heavy (non-hydrogen) atoms. The topological polar surface area (TPSA) is 109 Å². The molecule has 174 valence electrons. The minimum absolute atomic E-state index is 0.184. The van der Waals surface area contributed by atoms with Crippen LogP contribution in [0.2, 0.25) is 9.36 Å². The van der Waals surface area contributed by atoms with E-state index in [-0.39, 0.29) is 21.7 Å². The third-order valence-corrected chi connectivity index (χ3v) is 10.1. The summed E-state index contributed by atoms with van der Waals surface area (Å²) in [7, 11) is -3.83. The van der Waals surface area contributed by atoms with Crippen molar-refractivity contribution in [2.24, 2.45) is 5.92 Å². The molecule has 1 atom stereocenters. The van der Waals surface area contributed by atoms with E-state index in [2.05, 4.69) is 15.3 Å². The number of thiazole rings is 1. The number of halogens is 2. The Balaban J connectivity index is 1.81. The summed E-state index contributed by atoms with van der Waals surface area (Å²) in [4.78, 5) is 32.5. The smallest absolute Gasteiger partial charge is 0.268 e. The Labute approximate surface area is 200 Å². The van der Waals surface area contributed by atoms with Crippen molar-refractivity contribution in [2.45, 2.75) is 74.4 Å². The highest BCUT2D eigenvalue weighted by Crippen LogP contribution is 2.43. The average Bonchev–Trinajstić information content (AvgIpc) is 3.53. The van der Waals surface area contributed by atoms with Crippen molar-refractivity contribution < 1.29 is 13.2 Å². The number of sulfone groups is 1. The van der Waals surface area contributed by atoms with E-state index in [4.69, 9.17) is 23.2 Å². The normalized spacial score (nSPS) is 18.5. The van der Waals surface area contributed by atoms with E-state index in [0.29, 0.717) is 40.0 Å². The first-order chi connectivity index (χ1) is 15.2. The fraction of sp³-hybridized carbons (Fsp3) is 0.571. The molecule has 7 nitrogen and oxygen atoms in total. The SMILES string of the molecule is Cc1[nH]c(=O)c(Cl)c(S(=O)(=O)C2CC2)c1C(CC1CCCCC1)C(=O)Nc1ncc(Cl)s1. The Morgan fingerprint density at radius 2 is 1.94 bits per heavy atom. The molecule has 2 saturated carbocycles. The maximum atomic E-state index is 13.5. The second kappa shape index (κ2) is 9.44. The minimum atomic E-state index is -3.83. The van der Waals surface area contributed by atoms with Gasteiger partial charge in [0.15, 0.2) is 15.0 Å². The van der Waals surface area contributed by atoms with Crippen molar-refractivity contribution in [3.8, 4) is 0 Å². The van der Waals surface area contributed by atoms with Gasteiger partial charge >= 0.3 is 0 Å². The number of rotatable bonds is 7. The second-order valence-corrected chi connectivity index (χ2v) is 12.8. The van der Waals surface area contributed by atoms with Crippen LogP contribution in [0.25, 0.3) is 0 Å². The Hall–Kier alpha value is -1.42. The van der Waals surface area contributed by atoms with Gasteiger partial charge < -0.3 is 10.3 Å². The molecule has 2 aromatic heterocycles. The molecule has 2 heterocycles. The van der Waals surface area contributed by atoms with Crippen LogP contribution in [0.3, 0.4) is 0 Å². The first-order valence-corrected chi connectivity index (χ1v) is 13.9. The number of carbonyl (C=O) groups is 1. The summed E-state index contributed by atoms with van der Waals surface area (Å²) in [6, 6.07) is 0. The van der Waals surface area contributed by atoms with Gasteiger partial charge in [0.25, 0.3) is 5.56 Å². The van der Waals surface area contributed by atoms with E-state index < -0.39 is 26.6 Å². The number of nitrogens with zero attached hydrogens (tertiary/aromatic N) is 1. The molecule has 4 rings (SSSR count). The maximum absolute atomic E-state index is 13.5. The van der Waals surface area contributed by atoms with Crippen LogP contribution in [0, 0.1) is 12.8 Å². The van der Waals surface area contributed by atoms with E-state index in [1.165, 1.54) is 6.20 Å². The highest BCUT2D eigenvalue weighted by Gasteiger charge is 2.43. The zero-order valence-corrected chi connectivity index (χ0v) is 20.8. The van der Waals surface area contributed by atoms with Crippen LogP contribution in [0.15, 0.2) is 15.9 Å². The van der Waals surface area contributed by atoms with E-state index in [0.717, 1.165) is 43.4 Å². The summed E-state index contributed by atoms with van der Waals surface area (Å²) in [6.45, 7) is 1.63. The van der Waals surface area contributed by atoms with Gasteiger partial charge in [0.2, 0.25) is 5.91 Å². The molecule has 0 spiro atoms. The van der Waals surface area contributed by atoms with Gasteiger partial charge in [0, 0.05) is 11.3 Å². The van der Waals surface area contributed by atoms with Crippen LogP contribution in [0.4, 0.5) is 5.13 Å². The van der Waals surface area contributed by atoms with Gasteiger partial charge in [0.1, 0.15) is 9.36 Å². The van der Waals surface area contributed by atoms with Crippen molar-refractivity contribution in [1.29, 1.82) is 0 Å². The number of pyridine rings is 1.